The van der Waals surface area contributed by atoms with Crippen LogP contribution in [0.1, 0.15) is 67.7 Å². The zero-order chi connectivity index (χ0) is 15.5. The molecule has 0 N–H and O–H groups in total. The minimum atomic E-state index is -1.56. The zero-order valence-corrected chi connectivity index (χ0v) is 15.3. The van der Waals surface area contributed by atoms with E-state index in [-0.39, 0.29) is 6.04 Å². The lowest BCUT2D eigenvalue weighted by molar-refractivity contribution is 0.596. The Morgan fingerprint density at radius 3 is 2.00 bits per heavy atom. The highest BCUT2D eigenvalue weighted by atomic mass is 28.3. The van der Waals surface area contributed by atoms with E-state index in [0.29, 0.717) is 0 Å². The van der Waals surface area contributed by atoms with Gasteiger partial charge in [-0.05, 0) is 48.3 Å². The van der Waals surface area contributed by atoms with Crippen LogP contribution in [0.15, 0.2) is 15.9 Å². The Morgan fingerprint density at radius 1 is 1.10 bits per heavy atom. The van der Waals surface area contributed by atoms with E-state index in [1.807, 2.05) is 0 Å². The van der Waals surface area contributed by atoms with Crippen molar-refractivity contribution < 1.29 is 0 Å². The van der Waals surface area contributed by atoms with E-state index in [1.54, 1.807) is 5.20 Å². The first-order chi connectivity index (χ1) is 9.29. The average Bonchev–Trinajstić information content (AvgIpc) is 2.33. The summed E-state index contributed by atoms with van der Waals surface area (Å²) in [5.41, 5.74) is 12.4. The fraction of sp³-hybridized carbons (Fsp3) is 0.875. The molecule has 0 aromatic carbocycles. The third-order valence-corrected chi connectivity index (χ3v) is 12.9. The second kappa shape index (κ2) is 6.82. The van der Waals surface area contributed by atoms with E-state index in [9.17, 15) is 0 Å². The summed E-state index contributed by atoms with van der Waals surface area (Å²) < 4.78 is 0. The maximum absolute atomic E-state index is 8.80. The van der Waals surface area contributed by atoms with Gasteiger partial charge in [-0.1, -0.05) is 57.4 Å². The standard InChI is InChI=1S/C16H31N3Si/c1-11(2)20(12(3)4,13(5)6)16-10-8-9-15(14(16)7)18-19-17/h11-13,15H,8-10H2,1-7H3. The van der Waals surface area contributed by atoms with Crippen LogP contribution in [-0.2, 0) is 0 Å². The van der Waals surface area contributed by atoms with E-state index in [0.717, 1.165) is 23.0 Å². The zero-order valence-electron chi connectivity index (χ0n) is 14.3. The molecule has 0 saturated heterocycles. The van der Waals surface area contributed by atoms with Gasteiger partial charge >= 0.3 is 0 Å². The summed E-state index contributed by atoms with van der Waals surface area (Å²) in [6, 6.07) is 0.104. The van der Waals surface area contributed by atoms with E-state index < -0.39 is 8.07 Å². The lowest BCUT2D eigenvalue weighted by atomic mass is 9.96. The highest BCUT2D eigenvalue weighted by Crippen LogP contribution is 2.50. The van der Waals surface area contributed by atoms with Gasteiger partial charge in [0.25, 0.3) is 0 Å². The van der Waals surface area contributed by atoms with Crippen molar-refractivity contribution in [3.05, 3.63) is 21.2 Å². The first-order valence-electron chi connectivity index (χ1n) is 8.04. The molecule has 0 radical (unpaired) electrons. The number of hydrogen-bond donors (Lipinski definition) is 0. The van der Waals surface area contributed by atoms with Gasteiger partial charge in [0.1, 0.15) is 0 Å². The van der Waals surface area contributed by atoms with Crippen LogP contribution in [0.4, 0.5) is 0 Å². The molecular formula is C16H31N3Si. The number of hydrogen-bond acceptors (Lipinski definition) is 1. The van der Waals surface area contributed by atoms with Gasteiger partial charge in [0.05, 0.1) is 14.1 Å². The topological polar surface area (TPSA) is 48.8 Å². The Morgan fingerprint density at radius 2 is 1.60 bits per heavy atom. The molecule has 1 aliphatic carbocycles. The van der Waals surface area contributed by atoms with Gasteiger partial charge in [0.15, 0.2) is 0 Å². The van der Waals surface area contributed by atoms with Crippen molar-refractivity contribution >= 4 is 8.07 Å². The summed E-state index contributed by atoms with van der Waals surface area (Å²) in [4.78, 5) is 3.07. The summed E-state index contributed by atoms with van der Waals surface area (Å²) in [5, 5.41) is 5.76. The fourth-order valence-electron chi connectivity index (χ4n) is 4.90. The Balaban J connectivity index is 3.46. The van der Waals surface area contributed by atoms with Crippen molar-refractivity contribution in [2.24, 2.45) is 5.11 Å². The van der Waals surface area contributed by atoms with Crippen LogP contribution in [0.5, 0.6) is 0 Å². The van der Waals surface area contributed by atoms with Crippen LogP contribution >= 0.6 is 0 Å². The maximum Gasteiger partial charge on any atom is 0.0890 e. The van der Waals surface area contributed by atoms with Crippen molar-refractivity contribution in [3.8, 4) is 0 Å². The second-order valence-corrected chi connectivity index (χ2v) is 13.1. The molecule has 1 atom stereocenters. The fourth-order valence-corrected chi connectivity index (χ4v) is 12.4. The largest absolute Gasteiger partial charge is 0.0890 e. The minimum absolute atomic E-state index is 0.104. The van der Waals surface area contributed by atoms with E-state index in [1.165, 1.54) is 18.4 Å². The first-order valence-corrected chi connectivity index (χ1v) is 10.3. The van der Waals surface area contributed by atoms with Crippen molar-refractivity contribution in [1.29, 1.82) is 0 Å². The SMILES string of the molecule is CC1=C([Si](C(C)C)(C(C)C)C(C)C)CCCC1N=[N+]=[N-]. The molecule has 0 aromatic heterocycles. The number of azide groups is 1. The molecule has 0 aromatic rings. The normalized spacial score (nSPS) is 20.8. The Bertz CT molecular complexity index is 396. The van der Waals surface area contributed by atoms with Crippen molar-refractivity contribution in [3.63, 3.8) is 0 Å². The predicted molar refractivity (Wildman–Crippen MR) is 90.5 cm³/mol. The van der Waals surface area contributed by atoms with Crippen molar-refractivity contribution in [2.45, 2.75) is 90.4 Å². The number of allylic oxidation sites excluding steroid dienone is 1. The summed E-state index contributed by atoms with van der Waals surface area (Å²) in [5.74, 6) is 0. The lowest BCUT2D eigenvalue weighted by Gasteiger charge is -2.48. The molecular weight excluding hydrogens is 262 g/mol. The van der Waals surface area contributed by atoms with E-state index >= 15 is 0 Å². The summed E-state index contributed by atoms with van der Waals surface area (Å²) >= 11 is 0. The van der Waals surface area contributed by atoms with Crippen LogP contribution in [-0.4, -0.2) is 14.1 Å². The molecule has 0 spiro atoms. The van der Waals surface area contributed by atoms with E-state index in [4.69, 9.17) is 5.53 Å². The summed E-state index contributed by atoms with van der Waals surface area (Å²) in [6.07, 6.45) is 3.43. The van der Waals surface area contributed by atoms with Crippen LogP contribution in [0, 0.1) is 0 Å². The summed E-state index contributed by atoms with van der Waals surface area (Å²) in [7, 11) is -1.56. The Labute approximate surface area is 125 Å². The molecule has 1 rings (SSSR count). The predicted octanol–water partition coefficient (Wildman–Crippen LogP) is 6.38. The molecule has 0 bridgehead atoms. The van der Waals surface area contributed by atoms with Gasteiger partial charge in [0, 0.05) is 4.91 Å². The van der Waals surface area contributed by atoms with Crippen molar-refractivity contribution in [2.75, 3.05) is 0 Å². The number of nitrogens with zero attached hydrogens (tertiary/aromatic N) is 3. The minimum Gasteiger partial charge on any atom is -0.0863 e. The number of rotatable bonds is 5. The molecule has 1 aliphatic rings. The van der Waals surface area contributed by atoms with Crippen LogP contribution in [0.25, 0.3) is 10.4 Å². The van der Waals surface area contributed by atoms with Gasteiger partial charge in [0.2, 0.25) is 0 Å². The second-order valence-electron chi connectivity index (χ2n) is 7.17. The van der Waals surface area contributed by atoms with Gasteiger partial charge < -0.3 is 0 Å². The van der Waals surface area contributed by atoms with Crippen LogP contribution in [0.3, 0.4) is 0 Å². The average molecular weight is 294 g/mol. The highest BCUT2D eigenvalue weighted by Gasteiger charge is 2.47. The molecule has 4 heteroatoms. The molecule has 114 valence electrons. The lowest BCUT2D eigenvalue weighted by Crippen LogP contribution is -2.48. The van der Waals surface area contributed by atoms with E-state index in [2.05, 4.69) is 58.5 Å². The Hall–Kier alpha value is -0.733. The molecule has 0 amide bonds. The molecule has 20 heavy (non-hydrogen) atoms. The van der Waals surface area contributed by atoms with Gasteiger partial charge in [-0.25, -0.2) is 0 Å². The molecule has 0 fully saturated rings. The smallest absolute Gasteiger partial charge is 0.0863 e. The Kier molecular flexibility index (Phi) is 5.90. The third-order valence-electron chi connectivity index (χ3n) is 5.46. The monoisotopic (exact) mass is 293 g/mol. The molecule has 3 nitrogen and oxygen atoms in total. The summed E-state index contributed by atoms with van der Waals surface area (Å²) in [6.45, 7) is 16.7. The van der Waals surface area contributed by atoms with Gasteiger partial charge in [-0.2, -0.15) is 0 Å². The van der Waals surface area contributed by atoms with Crippen molar-refractivity contribution in [1.82, 2.24) is 0 Å². The third kappa shape index (κ3) is 2.82. The van der Waals surface area contributed by atoms with Gasteiger partial charge in [-0.15, -0.1) is 0 Å². The maximum atomic E-state index is 8.80. The van der Waals surface area contributed by atoms with Crippen LogP contribution < -0.4 is 0 Å². The highest BCUT2D eigenvalue weighted by molar-refractivity contribution is 6.90. The quantitative estimate of drug-likeness (QED) is 0.244. The molecule has 0 saturated carbocycles. The van der Waals surface area contributed by atoms with Crippen LogP contribution in [0.2, 0.25) is 16.6 Å². The molecule has 0 heterocycles. The first kappa shape index (κ1) is 17.3. The molecule has 1 unspecified atom stereocenters. The molecule has 0 aliphatic heterocycles. The van der Waals surface area contributed by atoms with Gasteiger partial charge in [-0.3, -0.25) is 0 Å².